The summed E-state index contributed by atoms with van der Waals surface area (Å²) in [5.74, 6) is -1.26. The van der Waals surface area contributed by atoms with Crippen LogP contribution in [0.5, 0.6) is 0 Å². The summed E-state index contributed by atoms with van der Waals surface area (Å²) in [5.41, 5.74) is 0. The Kier molecular flexibility index (Phi) is 3.26. The van der Waals surface area contributed by atoms with Crippen LogP contribution in [0.4, 0.5) is 0 Å². The van der Waals surface area contributed by atoms with Crippen LogP contribution in [-0.2, 0) is 14.2 Å². The van der Waals surface area contributed by atoms with Crippen LogP contribution in [0.3, 0.4) is 0 Å². The van der Waals surface area contributed by atoms with Gasteiger partial charge in [0.15, 0.2) is 18.4 Å². The van der Waals surface area contributed by atoms with Crippen LogP contribution in [0.15, 0.2) is 0 Å². The van der Waals surface area contributed by atoms with Crippen molar-refractivity contribution in [1.82, 2.24) is 0 Å². The number of hydrogen-bond donors (Lipinski definition) is 2. The first-order valence-corrected chi connectivity index (χ1v) is 4.19. The van der Waals surface area contributed by atoms with Gasteiger partial charge in [-0.25, -0.2) is 0 Å². The third-order valence-corrected chi connectivity index (χ3v) is 1.69. The van der Waals surface area contributed by atoms with E-state index in [1.807, 2.05) is 0 Å². The van der Waals surface area contributed by atoms with Crippen LogP contribution in [0, 0.1) is 0 Å². The zero-order valence-corrected chi connectivity index (χ0v) is 8.06. The topological polar surface area (TPSA) is 68.2 Å². The average molecular weight is 192 g/mol. The third kappa shape index (κ3) is 3.21. The number of aliphatic hydroxyl groups is 2. The Bertz CT molecular complexity index is 164. The van der Waals surface area contributed by atoms with E-state index in [4.69, 9.17) is 14.2 Å². The summed E-state index contributed by atoms with van der Waals surface area (Å²) >= 11 is 0. The number of aliphatic hydroxyl groups excluding tert-OH is 1. The second-order valence-corrected chi connectivity index (χ2v) is 3.54. The Morgan fingerprint density at radius 2 is 2.08 bits per heavy atom. The Hall–Kier alpha value is -0.200. The molecule has 0 aromatic heterocycles. The lowest BCUT2D eigenvalue weighted by Gasteiger charge is -2.22. The van der Waals surface area contributed by atoms with Crippen molar-refractivity contribution in [2.24, 2.45) is 0 Å². The summed E-state index contributed by atoms with van der Waals surface area (Å²) in [4.78, 5) is 0. The molecule has 5 heteroatoms. The smallest absolute Gasteiger partial charge is 0.186 e. The second kappa shape index (κ2) is 3.89. The Balaban J connectivity index is 2.40. The molecule has 13 heavy (non-hydrogen) atoms. The van der Waals surface area contributed by atoms with Crippen LogP contribution >= 0.6 is 0 Å². The molecule has 2 unspecified atom stereocenters. The summed E-state index contributed by atoms with van der Waals surface area (Å²) in [6, 6.07) is 0. The van der Waals surface area contributed by atoms with Gasteiger partial charge in [-0.3, -0.25) is 0 Å². The minimum atomic E-state index is -1.26. The Labute approximate surface area is 77.2 Å². The standard InChI is InChI=1S/C8H16O5/c1-8(2,10)13-6-4-5(9)7(11-3)12-6/h5-7,9-10H,4H2,1-3H3/t5?,6-,7?/m1/s1. The molecular formula is C8H16O5. The van der Waals surface area contributed by atoms with Gasteiger partial charge in [-0.15, -0.1) is 0 Å². The lowest BCUT2D eigenvalue weighted by molar-refractivity contribution is -0.288. The molecule has 1 heterocycles. The first-order chi connectivity index (χ1) is 5.92. The van der Waals surface area contributed by atoms with Crippen LogP contribution in [-0.4, -0.2) is 41.8 Å². The van der Waals surface area contributed by atoms with Gasteiger partial charge in [0.25, 0.3) is 0 Å². The predicted octanol–water partition coefficient (Wildman–Crippen LogP) is -0.189. The SMILES string of the molecule is COC1O[C@H](OC(C)(C)O)CC1O. The maximum absolute atomic E-state index is 9.34. The monoisotopic (exact) mass is 192 g/mol. The largest absolute Gasteiger partial charge is 0.388 e. The van der Waals surface area contributed by atoms with Crippen LogP contribution in [0.25, 0.3) is 0 Å². The van der Waals surface area contributed by atoms with Crippen molar-refractivity contribution >= 4 is 0 Å². The number of methoxy groups -OCH3 is 1. The van der Waals surface area contributed by atoms with Crippen LogP contribution in [0.1, 0.15) is 20.3 Å². The summed E-state index contributed by atoms with van der Waals surface area (Å²) in [5, 5.41) is 18.6. The highest BCUT2D eigenvalue weighted by Gasteiger charge is 2.37. The summed E-state index contributed by atoms with van der Waals surface area (Å²) in [6.07, 6.45) is -1.66. The number of rotatable bonds is 3. The molecule has 1 fully saturated rings. The molecule has 0 aliphatic carbocycles. The molecule has 1 aliphatic heterocycles. The van der Waals surface area contributed by atoms with E-state index in [9.17, 15) is 10.2 Å². The van der Waals surface area contributed by atoms with Gasteiger partial charge >= 0.3 is 0 Å². The molecule has 5 nitrogen and oxygen atoms in total. The molecule has 1 rings (SSSR count). The summed E-state index contributed by atoms with van der Waals surface area (Å²) in [6.45, 7) is 3.01. The lowest BCUT2D eigenvalue weighted by Crippen LogP contribution is -2.30. The van der Waals surface area contributed by atoms with Gasteiger partial charge in [0.2, 0.25) is 0 Å². The fourth-order valence-electron chi connectivity index (χ4n) is 1.21. The predicted molar refractivity (Wildman–Crippen MR) is 43.7 cm³/mol. The molecule has 0 amide bonds. The molecule has 78 valence electrons. The quantitative estimate of drug-likeness (QED) is 0.607. The normalized spacial score (nSPS) is 35.3. The highest BCUT2D eigenvalue weighted by Crippen LogP contribution is 2.24. The molecule has 0 radical (unpaired) electrons. The lowest BCUT2D eigenvalue weighted by atomic mass is 10.3. The molecule has 1 aliphatic rings. The molecule has 0 aromatic carbocycles. The Morgan fingerprint density at radius 3 is 2.46 bits per heavy atom. The van der Waals surface area contributed by atoms with E-state index < -0.39 is 24.5 Å². The van der Waals surface area contributed by atoms with E-state index in [0.717, 1.165) is 0 Å². The van der Waals surface area contributed by atoms with Gasteiger partial charge in [0.1, 0.15) is 6.10 Å². The fourth-order valence-corrected chi connectivity index (χ4v) is 1.21. The Morgan fingerprint density at radius 1 is 1.46 bits per heavy atom. The van der Waals surface area contributed by atoms with Crippen molar-refractivity contribution < 1.29 is 24.4 Å². The zero-order valence-electron chi connectivity index (χ0n) is 8.06. The molecule has 0 aromatic rings. The van der Waals surface area contributed by atoms with E-state index in [2.05, 4.69) is 0 Å². The third-order valence-electron chi connectivity index (χ3n) is 1.69. The number of hydrogen-bond acceptors (Lipinski definition) is 5. The molecule has 0 bridgehead atoms. The molecule has 0 spiro atoms. The highest BCUT2D eigenvalue weighted by molar-refractivity contribution is 4.72. The van der Waals surface area contributed by atoms with Crippen molar-refractivity contribution in [3.63, 3.8) is 0 Å². The van der Waals surface area contributed by atoms with Gasteiger partial charge in [0, 0.05) is 13.5 Å². The molecule has 0 saturated carbocycles. The minimum Gasteiger partial charge on any atom is -0.388 e. The summed E-state index contributed by atoms with van der Waals surface area (Å²) < 4.78 is 15.1. The van der Waals surface area contributed by atoms with Crippen molar-refractivity contribution in [2.45, 2.75) is 44.7 Å². The molecule has 2 N–H and O–H groups in total. The highest BCUT2D eigenvalue weighted by atomic mass is 16.8. The van der Waals surface area contributed by atoms with Gasteiger partial charge in [-0.05, 0) is 13.8 Å². The van der Waals surface area contributed by atoms with Gasteiger partial charge in [-0.2, -0.15) is 0 Å². The summed E-state index contributed by atoms with van der Waals surface area (Å²) in [7, 11) is 1.44. The molecular weight excluding hydrogens is 176 g/mol. The van der Waals surface area contributed by atoms with E-state index in [1.54, 1.807) is 0 Å². The first-order valence-electron chi connectivity index (χ1n) is 4.19. The van der Waals surface area contributed by atoms with E-state index in [1.165, 1.54) is 21.0 Å². The fraction of sp³-hybridized carbons (Fsp3) is 1.00. The average Bonchev–Trinajstić information content (AvgIpc) is 2.26. The van der Waals surface area contributed by atoms with Crippen LogP contribution < -0.4 is 0 Å². The van der Waals surface area contributed by atoms with E-state index >= 15 is 0 Å². The maximum atomic E-state index is 9.34. The van der Waals surface area contributed by atoms with Crippen molar-refractivity contribution in [3.05, 3.63) is 0 Å². The van der Waals surface area contributed by atoms with E-state index in [0.29, 0.717) is 6.42 Å². The number of ether oxygens (including phenoxy) is 3. The second-order valence-electron chi connectivity index (χ2n) is 3.54. The van der Waals surface area contributed by atoms with Crippen molar-refractivity contribution in [3.8, 4) is 0 Å². The molecule has 3 atom stereocenters. The maximum Gasteiger partial charge on any atom is 0.186 e. The van der Waals surface area contributed by atoms with Crippen LogP contribution in [0.2, 0.25) is 0 Å². The van der Waals surface area contributed by atoms with Crippen molar-refractivity contribution in [1.29, 1.82) is 0 Å². The van der Waals surface area contributed by atoms with Crippen molar-refractivity contribution in [2.75, 3.05) is 7.11 Å². The molecule has 1 saturated heterocycles. The van der Waals surface area contributed by atoms with E-state index in [-0.39, 0.29) is 0 Å². The van der Waals surface area contributed by atoms with Gasteiger partial charge in [-0.1, -0.05) is 0 Å². The zero-order chi connectivity index (χ0) is 10.1. The first kappa shape index (κ1) is 10.9. The van der Waals surface area contributed by atoms with Gasteiger partial charge in [0.05, 0.1) is 0 Å². The van der Waals surface area contributed by atoms with Gasteiger partial charge < -0.3 is 24.4 Å². The minimum absolute atomic E-state index is 0.308.